The van der Waals surface area contributed by atoms with E-state index in [4.69, 9.17) is 14.3 Å². The van der Waals surface area contributed by atoms with Gasteiger partial charge in [0.1, 0.15) is 0 Å². The number of aryl methyl sites for hydroxylation is 1. The molecule has 1 heterocycles. The van der Waals surface area contributed by atoms with E-state index in [1.54, 1.807) is 0 Å². The number of carboxylic acid groups (broad SMARTS) is 1. The van der Waals surface area contributed by atoms with Crippen molar-refractivity contribution in [1.82, 2.24) is 5.32 Å². The number of hydrogen-bond donors (Lipinski definition) is 2. The standard InChI is InChI=1S/C19H21NO5/c21-18(16-9-10-17(25-16)19(22)23)20-11-4-12-24-15-8-3-6-13-5-1-2-7-14(13)15/h1-2,5,7,9-10,15H,3-4,6,8,11-12H2,(H,20,21)(H,22,23). The molecule has 0 radical (unpaired) electrons. The molecule has 6 nitrogen and oxygen atoms in total. The highest BCUT2D eigenvalue weighted by Gasteiger charge is 2.20. The molecule has 1 aromatic carbocycles. The van der Waals surface area contributed by atoms with Gasteiger partial charge < -0.3 is 19.6 Å². The van der Waals surface area contributed by atoms with Gasteiger partial charge in [0, 0.05) is 13.2 Å². The number of ether oxygens (including phenoxy) is 1. The Morgan fingerprint density at radius 2 is 2.00 bits per heavy atom. The molecule has 0 fully saturated rings. The molecular formula is C19H21NO5. The lowest BCUT2D eigenvalue weighted by Gasteiger charge is -2.25. The van der Waals surface area contributed by atoms with Crippen LogP contribution >= 0.6 is 0 Å². The largest absolute Gasteiger partial charge is 0.475 e. The Balaban J connectivity index is 1.40. The van der Waals surface area contributed by atoms with E-state index in [1.807, 2.05) is 6.07 Å². The summed E-state index contributed by atoms with van der Waals surface area (Å²) in [7, 11) is 0. The zero-order chi connectivity index (χ0) is 17.6. The summed E-state index contributed by atoms with van der Waals surface area (Å²) in [5, 5.41) is 11.5. The fraction of sp³-hybridized carbons (Fsp3) is 0.368. The monoisotopic (exact) mass is 343 g/mol. The first-order chi connectivity index (χ1) is 12.1. The predicted molar refractivity (Wildman–Crippen MR) is 90.7 cm³/mol. The summed E-state index contributed by atoms with van der Waals surface area (Å²) in [5.74, 6) is -1.86. The van der Waals surface area contributed by atoms with E-state index in [1.165, 1.54) is 23.3 Å². The van der Waals surface area contributed by atoms with Crippen LogP contribution in [0.1, 0.15) is 57.6 Å². The highest BCUT2D eigenvalue weighted by atomic mass is 16.5. The Morgan fingerprint density at radius 1 is 1.20 bits per heavy atom. The Kier molecular flexibility index (Phi) is 5.50. The summed E-state index contributed by atoms with van der Waals surface area (Å²) in [4.78, 5) is 22.6. The smallest absolute Gasteiger partial charge is 0.371 e. The van der Waals surface area contributed by atoms with Crippen molar-refractivity contribution in [2.75, 3.05) is 13.2 Å². The molecule has 6 heteroatoms. The van der Waals surface area contributed by atoms with E-state index in [0.29, 0.717) is 19.6 Å². The molecule has 2 aromatic rings. The minimum absolute atomic E-state index is 0.000439. The Bertz CT molecular complexity index is 752. The van der Waals surface area contributed by atoms with Crippen LogP contribution in [0.15, 0.2) is 40.8 Å². The molecule has 0 aliphatic heterocycles. The van der Waals surface area contributed by atoms with Crippen LogP contribution in [0, 0.1) is 0 Å². The van der Waals surface area contributed by atoms with E-state index < -0.39 is 11.9 Å². The summed E-state index contributed by atoms with van der Waals surface area (Å²) >= 11 is 0. The zero-order valence-corrected chi connectivity index (χ0v) is 13.9. The maximum Gasteiger partial charge on any atom is 0.371 e. The van der Waals surface area contributed by atoms with Crippen LogP contribution in [-0.2, 0) is 11.2 Å². The second kappa shape index (κ2) is 7.98. The summed E-state index contributed by atoms with van der Waals surface area (Å²) in [6.07, 6.45) is 4.06. The summed E-state index contributed by atoms with van der Waals surface area (Å²) in [6, 6.07) is 11.0. The first kappa shape index (κ1) is 17.2. The molecule has 1 aromatic heterocycles. The molecule has 25 heavy (non-hydrogen) atoms. The minimum Gasteiger partial charge on any atom is -0.475 e. The number of aromatic carboxylic acids is 1. The van der Waals surface area contributed by atoms with Gasteiger partial charge in [-0.25, -0.2) is 4.79 Å². The number of rotatable bonds is 7. The van der Waals surface area contributed by atoms with Crippen LogP contribution in [0.5, 0.6) is 0 Å². The SMILES string of the molecule is O=C(O)c1ccc(C(=O)NCCCOC2CCCc3ccccc32)o1. The molecular weight excluding hydrogens is 322 g/mol. The highest BCUT2D eigenvalue weighted by molar-refractivity contribution is 5.93. The van der Waals surface area contributed by atoms with Gasteiger partial charge in [0.15, 0.2) is 5.76 Å². The molecule has 2 N–H and O–H groups in total. The van der Waals surface area contributed by atoms with Crippen LogP contribution in [0.25, 0.3) is 0 Å². The number of carboxylic acids is 1. The molecule has 132 valence electrons. The molecule has 1 atom stereocenters. The molecule has 3 rings (SSSR count). The van der Waals surface area contributed by atoms with Crippen molar-refractivity contribution in [2.45, 2.75) is 31.8 Å². The van der Waals surface area contributed by atoms with Crippen molar-refractivity contribution < 1.29 is 23.8 Å². The normalized spacial score (nSPS) is 16.2. The Hall–Kier alpha value is -2.60. The number of amides is 1. The van der Waals surface area contributed by atoms with Gasteiger partial charge in [-0.2, -0.15) is 0 Å². The van der Waals surface area contributed by atoms with Gasteiger partial charge in [-0.05, 0) is 48.9 Å². The Morgan fingerprint density at radius 3 is 2.80 bits per heavy atom. The summed E-state index contributed by atoms with van der Waals surface area (Å²) in [5.41, 5.74) is 2.63. The van der Waals surface area contributed by atoms with Crippen molar-refractivity contribution in [1.29, 1.82) is 0 Å². The molecule has 1 aliphatic rings. The molecule has 0 bridgehead atoms. The number of carbonyl (C=O) groups is 2. The van der Waals surface area contributed by atoms with Gasteiger partial charge in [0.25, 0.3) is 5.91 Å². The fourth-order valence-electron chi connectivity index (χ4n) is 3.04. The number of carbonyl (C=O) groups excluding carboxylic acids is 1. The predicted octanol–water partition coefficient (Wildman–Crippen LogP) is 3.19. The van der Waals surface area contributed by atoms with Crippen LogP contribution in [0.4, 0.5) is 0 Å². The van der Waals surface area contributed by atoms with Crippen LogP contribution in [0.2, 0.25) is 0 Å². The maximum atomic E-state index is 11.9. The minimum atomic E-state index is -1.19. The molecule has 1 unspecified atom stereocenters. The average Bonchev–Trinajstić information content (AvgIpc) is 3.12. The number of hydrogen-bond acceptors (Lipinski definition) is 4. The summed E-state index contributed by atoms with van der Waals surface area (Å²) < 4.78 is 10.9. The Labute approximate surface area is 145 Å². The van der Waals surface area contributed by atoms with Gasteiger partial charge in [-0.1, -0.05) is 24.3 Å². The van der Waals surface area contributed by atoms with Gasteiger partial charge in [0.05, 0.1) is 6.10 Å². The van der Waals surface area contributed by atoms with Crippen molar-refractivity contribution in [3.8, 4) is 0 Å². The lowest BCUT2D eigenvalue weighted by molar-refractivity contribution is 0.0392. The highest BCUT2D eigenvalue weighted by Crippen LogP contribution is 2.32. The second-order valence-electron chi connectivity index (χ2n) is 6.03. The van der Waals surface area contributed by atoms with Crippen LogP contribution in [-0.4, -0.2) is 30.1 Å². The van der Waals surface area contributed by atoms with Crippen LogP contribution in [0.3, 0.4) is 0 Å². The first-order valence-electron chi connectivity index (χ1n) is 8.46. The average molecular weight is 343 g/mol. The van der Waals surface area contributed by atoms with Crippen molar-refractivity contribution >= 4 is 11.9 Å². The van der Waals surface area contributed by atoms with Gasteiger partial charge in [0.2, 0.25) is 5.76 Å². The van der Waals surface area contributed by atoms with Crippen molar-refractivity contribution in [3.05, 3.63) is 59.0 Å². The van der Waals surface area contributed by atoms with E-state index in [0.717, 1.165) is 19.3 Å². The molecule has 0 saturated heterocycles. The maximum absolute atomic E-state index is 11.9. The number of nitrogens with one attached hydrogen (secondary N) is 1. The summed E-state index contributed by atoms with van der Waals surface area (Å²) in [6.45, 7) is 0.994. The van der Waals surface area contributed by atoms with Crippen LogP contribution < -0.4 is 5.32 Å². The third-order valence-electron chi connectivity index (χ3n) is 4.28. The number of benzene rings is 1. The van der Waals surface area contributed by atoms with Gasteiger partial charge in [-0.3, -0.25) is 4.79 Å². The van der Waals surface area contributed by atoms with E-state index in [9.17, 15) is 9.59 Å². The molecule has 1 amide bonds. The van der Waals surface area contributed by atoms with E-state index in [-0.39, 0.29) is 17.6 Å². The lowest BCUT2D eigenvalue weighted by Crippen LogP contribution is -2.25. The third-order valence-corrected chi connectivity index (χ3v) is 4.28. The van der Waals surface area contributed by atoms with Crippen molar-refractivity contribution in [3.63, 3.8) is 0 Å². The first-order valence-corrected chi connectivity index (χ1v) is 8.46. The topological polar surface area (TPSA) is 88.8 Å². The van der Waals surface area contributed by atoms with E-state index >= 15 is 0 Å². The zero-order valence-electron chi connectivity index (χ0n) is 13.9. The quantitative estimate of drug-likeness (QED) is 0.754. The van der Waals surface area contributed by atoms with E-state index in [2.05, 4.69) is 23.5 Å². The molecule has 1 aliphatic carbocycles. The molecule has 0 saturated carbocycles. The fourth-order valence-corrected chi connectivity index (χ4v) is 3.04. The van der Waals surface area contributed by atoms with Crippen molar-refractivity contribution in [2.24, 2.45) is 0 Å². The molecule has 0 spiro atoms. The lowest BCUT2D eigenvalue weighted by atomic mass is 9.89. The van der Waals surface area contributed by atoms with Gasteiger partial charge >= 0.3 is 5.97 Å². The third kappa shape index (κ3) is 4.28. The number of furan rings is 1. The van der Waals surface area contributed by atoms with Gasteiger partial charge in [-0.15, -0.1) is 0 Å². The number of fused-ring (bicyclic) bond motifs is 1. The second-order valence-corrected chi connectivity index (χ2v) is 6.03.